The molecule has 4 rings (SSSR count). The fraction of sp³-hybridized carbons (Fsp3) is 0.292. The summed E-state index contributed by atoms with van der Waals surface area (Å²) in [7, 11) is 0. The molecule has 0 spiro atoms. The van der Waals surface area contributed by atoms with Crippen molar-refractivity contribution in [1.29, 1.82) is 0 Å². The molecule has 1 aliphatic rings. The maximum atomic E-state index is 13.1. The third-order valence-electron chi connectivity index (χ3n) is 5.46. The monoisotopic (exact) mass is 374 g/mol. The molecule has 1 aliphatic heterocycles. The number of fused-ring (bicyclic) bond motifs is 1. The maximum absolute atomic E-state index is 13.1. The molecule has 3 aromatic rings. The Morgan fingerprint density at radius 3 is 2.43 bits per heavy atom. The highest BCUT2D eigenvalue weighted by molar-refractivity contribution is 6.05. The summed E-state index contributed by atoms with van der Waals surface area (Å²) in [6.45, 7) is 6.56. The first-order valence-corrected chi connectivity index (χ1v) is 9.87. The van der Waals surface area contributed by atoms with Crippen molar-refractivity contribution in [3.8, 4) is 0 Å². The fourth-order valence-electron chi connectivity index (χ4n) is 4.31. The molecule has 144 valence electrons. The van der Waals surface area contributed by atoms with Crippen LogP contribution in [0.1, 0.15) is 49.4 Å². The standard InChI is InChI=1S/C24H26N2O2/c1-17(2)25(19-10-5-4-6-11-19)22-16-18(3)26(21-13-8-7-12-20(21)22)24(27)23-14-9-15-28-23/h4-15,17-18,22H,16H2,1-3H3. The quantitative estimate of drug-likeness (QED) is 0.590. The number of nitrogens with zero attached hydrogens (tertiary/aromatic N) is 2. The summed E-state index contributed by atoms with van der Waals surface area (Å²) < 4.78 is 5.39. The van der Waals surface area contributed by atoms with Gasteiger partial charge in [-0.15, -0.1) is 0 Å². The average Bonchev–Trinajstić information content (AvgIpc) is 3.23. The van der Waals surface area contributed by atoms with Gasteiger partial charge in [-0.05, 0) is 63.1 Å². The Hall–Kier alpha value is -3.01. The van der Waals surface area contributed by atoms with Crippen LogP contribution in [-0.4, -0.2) is 18.0 Å². The van der Waals surface area contributed by atoms with Gasteiger partial charge in [0.05, 0.1) is 12.3 Å². The van der Waals surface area contributed by atoms with Crippen molar-refractivity contribution >= 4 is 17.3 Å². The number of para-hydroxylation sites is 2. The van der Waals surface area contributed by atoms with E-state index in [1.54, 1.807) is 18.4 Å². The number of anilines is 2. The van der Waals surface area contributed by atoms with E-state index in [4.69, 9.17) is 4.42 Å². The molecule has 0 aliphatic carbocycles. The number of carbonyl (C=O) groups is 1. The molecule has 4 nitrogen and oxygen atoms in total. The molecule has 2 atom stereocenters. The molecule has 1 amide bonds. The van der Waals surface area contributed by atoms with Crippen LogP contribution < -0.4 is 9.80 Å². The van der Waals surface area contributed by atoms with Crippen molar-refractivity contribution in [3.05, 3.63) is 84.3 Å². The van der Waals surface area contributed by atoms with Gasteiger partial charge in [0.1, 0.15) is 0 Å². The van der Waals surface area contributed by atoms with E-state index in [0.29, 0.717) is 11.8 Å². The normalized spacial score (nSPS) is 18.8. The smallest absolute Gasteiger partial charge is 0.294 e. The molecule has 0 fully saturated rings. The second-order valence-electron chi connectivity index (χ2n) is 7.65. The minimum absolute atomic E-state index is 0.0578. The van der Waals surface area contributed by atoms with Crippen LogP contribution in [0, 0.1) is 0 Å². The zero-order chi connectivity index (χ0) is 19.7. The Morgan fingerprint density at radius 1 is 1.04 bits per heavy atom. The fourth-order valence-corrected chi connectivity index (χ4v) is 4.31. The van der Waals surface area contributed by atoms with E-state index in [0.717, 1.165) is 12.1 Å². The van der Waals surface area contributed by atoms with Crippen LogP contribution in [-0.2, 0) is 0 Å². The van der Waals surface area contributed by atoms with Crippen molar-refractivity contribution < 1.29 is 9.21 Å². The van der Waals surface area contributed by atoms with Gasteiger partial charge in [0.25, 0.3) is 5.91 Å². The SMILES string of the molecule is CC1CC(N(c2ccccc2)C(C)C)c2ccccc2N1C(=O)c1ccco1. The Morgan fingerprint density at radius 2 is 1.75 bits per heavy atom. The lowest BCUT2D eigenvalue weighted by Crippen LogP contribution is -2.47. The summed E-state index contributed by atoms with van der Waals surface area (Å²) in [6.07, 6.45) is 2.41. The summed E-state index contributed by atoms with van der Waals surface area (Å²) in [6, 6.07) is 22.8. The van der Waals surface area contributed by atoms with E-state index < -0.39 is 0 Å². The number of furan rings is 1. The minimum atomic E-state index is -0.0841. The highest BCUT2D eigenvalue weighted by Gasteiger charge is 2.38. The van der Waals surface area contributed by atoms with E-state index in [2.05, 4.69) is 62.1 Å². The molecule has 0 N–H and O–H groups in total. The summed E-state index contributed by atoms with van der Waals surface area (Å²) in [5.41, 5.74) is 3.35. The number of carbonyl (C=O) groups excluding carboxylic acids is 1. The Bertz CT molecular complexity index is 934. The first kappa shape index (κ1) is 18.4. The predicted molar refractivity (Wildman–Crippen MR) is 113 cm³/mol. The lowest BCUT2D eigenvalue weighted by atomic mass is 9.89. The molecule has 2 unspecified atom stereocenters. The summed E-state index contributed by atoms with van der Waals surface area (Å²) >= 11 is 0. The topological polar surface area (TPSA) is 36.7 Å². The molecule has 28 heavy (non-hydrogen) atoms. The van der Waals surface area contributed by atoms with E-state index in [9.17, 15) is 4.79 Å². The van der Waals surface area contributed by atoms with Crippen LogP contribution >= 0.6 is 0 Å². The van der Waals surface area contributed by atoms with Crippen LogP contribution in [0.15, 0.2) is 77.4 Å². The first-order valence-electron chi connectivity index (χ1n) is 9.87. The summed E-state index contributed by atoms with van der Waals surface area (Å²) in [5.74, 6) is 0.295. The third kappa shape index (κ3) is 3.19. The van der Waals surface area contributed by atoms with Crippen molar-refractivity contribution in [2.75, 3.05) is 9.80 Å². The number of benzene rings is 2. The molecule has 1 aromatic heterocycles. The molecule has 0 radical (unpaired) electrons. The highest BCUT2D eigenvalue weighted by Crippen LogP contribution is 2.43. The number of hydrogen-bond donors (Lipinski definition) is 0. The van der Waals surface area contributed by atoms with Gasteiger partial charge in [-0.25, -0.2) is 0 Å². The van der Waals surface area contributed by atoms with Crippen LogP contribution in [0.4, 0.5) is 11.4 Å². The third-order valence-corrected chi connectivity index (χ3v) is 5.46. The van der Waals surface area contributed by atoms with E-state index in [1.807, 2.05) is 23.1 Å². The summed E-state index contributed by atoms with van der Waals surface area (Å²) in [4.78, 5) is 17.5. The molecular formula is C24H26N2O2. The van der Waals surface area contributed by atoms with Crippen molar-refractivity contribution in [2.24, 2.45) is 0 Å². The van der Waals surface area contributed by atoms with Crippen LogP contribution in [0.25, 0.3) is 0 Å². The number of amides is 1. The Kier molecular flexibility index (Phi) is 4.95. The number of rotatable bonds is 4. The van der Waals surface area contributed by atoms with Gasteiger partial charge >= 0.3 is 0 Å². The second kappa shape index (κ2) is 7.55. The Balaban J connectivity index is 1.78. The molecule has 2 heterocycles. The highest BCUT2D eigenvalue weighted by atomic mass is 16.3. The first-order chi connectivity index (χ1) is 13.6. The lowest BCUT2D eigenvalue weighted by Gasteiger charge is -2.45. The van der Waals surface area contributed by atoms with Gasteiger partial charge in [-0.2, -0.15) is 0 Å². The summed E-state index contributed by atoms with van der Waals surface area (Å²) in [5, 5.41) is 0. The van der Waals surface area contributed by atoms with Gasteiger partial charge in [-0.3, -0.25) is 4.79 Å². The van der Waals surface area contributed by atoms with E-state index in [1.165, 1.54) is 11.3 Å². The van der Waals surface area contributed by atoms with Crippen LogP contribution in [0.2, 0.25) is 0 Å². The van der Waals surface area contributed by atoms with Gasteiger partial charge in [0, 0.05) is 23.5 Å². The molecule has 4 heteroatoms. The zero-order valence-corrected chi connectivity index (χ0v) is 16.6. The lowest BCUT2D eigenvalue weighted by molar-refractivity contribution is 0.0946. The predicted octanol–water partition coefficient (Wildman–Crippen LogP) is 5.67. The number of hydrogen-bond acceptors (Lipinski definition) is 3. The van der Waals surface area contributed by atoms with Gasteiger partial charge in [-0.1, -0.05) is 36.4 Å². The van der Waals surface area contributed by atoms with E-state index in [-0.39, 0.29) is 18.0 Å². The molecule has 2 aromatic carbocycles. The van der Waals surface area contributed by atoms with Crippen molar-refractivity contribution in [3.63, 3.8) is 0 Å². The van der Waals surface area contributed by atoms with Crippen LogP contribution in [0.5, 0.6) is 0 Å². The zero-order valence-electron chi connectivity index (χ0n) is 16.6. The average molecular weight is 374 g/mol. The Labute approximate surface area is 166 Å². The van der Waals surface area contributed by atoms with Crippen molar-refractivity contribution in [2.45, 2.75) is 45.3 Å². The second-order valence-corrected chi connectivity index (χ2v) is 7.65. The molecular weight excluding hydrogens is 348 g/mol. The van der Waals surface area contributed by atoms with Crippen LogP contribution in [0.3, 0.4) is 0 Å². The maximum Gasteiger partial charge on any atom is 0.294 e. The van der Waals surface area contributed by atoms with E-state index >= 15 is 0 Å². The van der Waals surface area contributed by atoms with Gasteiger partial charge in [0.15, 0.2) is 5.76 Å². The molecule has 0 bridgehead atoms. The molecule has 0 saturated heterocycles. The van der Waals surface area contributed by atoms with Gasteiger partial charge < -0.3 is 14.2 Å². The minimum Gasteiger partial charge on any atom is -0.459 e. The van der Waals surface area contributed by atoms with Crippen molar-refractivity contribution in [1.82, 2.24) is 0 Å². The van der Waals surface area contributed by atoms with Gasteiger partial charge in [0.2, 0.25) is 0 Å². The largest absolute Gasteiger partial charge is 0.459 e. The molecule has 0 saturated carbocycles.